The quantitative estimate of drug-likeness (QED) is 0.416. The standard InChI is InChI=1S/C12H24N2.C11H22N2.C11H24N2/c1-13-9-5-12(6-10-13)11-14-7-3-2-4-8-14;1-12-8-4-11(5-9-12)10-13-6-2-3-7-13;1-4-13(5-2)10-11-6-8-12(3)9-7-11/h12H,2-11H2,1H3;11H,2-10H2,1H3;11H,4-10H2,1-3H3. The molecule has 0 aromatic carbocycles. The minimum atomic E-state index is 0.955. The third-order valence-corrected chi connectivity index (χ3v) is 10.6. The molecule has 40 heavy (non-hydrogen) atoms. The fourth-order valence-electron chi connectivity index (χ4n) is 7.42. The van der Waals surface area contributed by atoms with Crippen LogP contribution in [-0.2, 0) is 0 Å². The molecule has 5 aliphatic rings. The van der Waals surface area contributed by atoms with E-state index in [1.165, 1.54) is 169 Å². The molecule has 0 N–H and O–H groups in total. The van der Waals surface area contributed by atoms with Crippen LogP contribution < -0.4 is 0 Å². The summed E-state index contributed by atoms with van der Waals surface area (Å²) < 4.78 is 0. The molecule has 5 aliphatic heterocycles. The highest BCUT2D eigenvalue weighted by Crippen LogP contribution is 2.21. The van der Waals surface area contributed by atoms with Gasteiger partial charge in [0, 0.05) is 19.6 Å². The third-order valence-electron chi connectivity index (χ3n) is 10.6. The molecule has 0 radical (unpaired) electrons. The third kappa shape index (κ3) is 13.8. The van der Waals surface area contributed by atoms with E-state index in [1.807, 2.05) is 0 Å². The molecule has 0 amide bonds. The van der Waals surface area contributed by atoms with E-state index in [9.17, 15) is 0 Å². The maximum Gasteiger partial charge on any atom is 0.00106 e. The topological polar surface area (TPSA) is 19.4 Å². The fraction of sp³-hybridized carbons (Fsp3) is 1.00. The highest BCUT2D eigenvalue weighted by atomic mass is 15.2. The van der Waals surface area contributed by atoms with E-state index in [0.29, 0.717) is 0 Å². The van der Waals surface area contributed by atoms with Crippen LogP contribution in [0.2, 0.25) is 0 Å². The van der Waals surface area contributed by atoms with Crippen LogP contribution in [0.15, 0.2) is 0 Å². The summed E-state index contributed by atoms with van der Waals surface area (Å²) in [5.41, 5.74) is 0. The van der Waals surface area contributed by atoms with Crippen LogP contribution in [0.25, 0.3) is 0 Å². The van der Waals surface area contributed by atoms with Gasteiger partial charge in [0.1, 0.15) is 0 Å². The van der Waals surface area contributed by atoms with E-state index in [0.717, 1.165) is 17.8 Å². The molecular weight excluding hydrogens is 492 g/mol. The lowest BCUT2D eigenvalue weighted by Gasteiger charge is -2.34. The van der Waals surface area contributed by atoms with E-state index < -0.39 is 0 Å². The smallest absolute Gasteiger partial charge is 0.00106 e. The number of hydrogen-bond acceptors (Lipinski definition) is 6. The molecule has 0 aliphatic carbocycles. The summed E-state index contributed by atoms with van der Waals surface area (Å²) in [7, 11) is 6.72. The number of likely N-dealkylation sites (tertiary alicyclic amines) is 5. The average molecular weight is 563 g/mol. The molecule has 6 heteroatoms. The van der Waals surface area contributed by atoms with Crippen molar-refractivity contribution in [3.63, 3.8) is 0 Å². The van der Waals surface area contributed by atoms with E-state index in [4.69, 9.17) is 0 Å². The summed E-state index contributed by atoms with van der Waals surface area (Å²) >= 11 is 0. The minimum Gasteiger partial charge on any atom is -0.306 e. The molecule has 0 bridgehead atoms. The molecule has 0 aromatic heterocycles. The molecule has 0 saturated carbocycles. The molecule has 0 spiro atoms. The maximum atomic E-state index is 2.69. The van der Waals surface area contributed by atoms with Crippen molar-refractivity contribution in [1.82, 2.24) is 29.4 Å². The first-order valence-corrected chi connectivity index (χ1v) is 17.7. The summed E-state index contributed by atoms with van der Waals surface area (Å²) in [4.78, 5) is 15.3. The molecule has 0 atom stereocenters. The molecule has 5 saturated heterocycles. The Hall–Kier alpha value is -0.240. The molecular formula is C34H70N6. The average Bonchev–Trinajstić information content (AvgIpc) is 3.50. The Kier molecular flexibility index (Phi) is 17.0. The Morgan fingerprint density at radius 2 is 0.775 bits per heavy atom. The predicted molar refractivity (Wildman–Crippen MR) is 174 cm³/mol. The molecule has 5 fully saturated rings. The van der Waals surface area contributed by atoms with Gasteiger partial charge in [0.15, 0.2) is 0 Å². The largest absolute Gasteiger partial charge is 0.306 e. The summed E-state index contributed by atoms with van der Waals surface area (Å²) in [6.45, 7) is 24.4. The molecule has 236 valence electrons. The highest BCUT2D eigenvalue weighted by molar-refractivity contribution is 4.77. The first-order valence-electron chi connectivity index (χ1n) is 17.7. The normalized spacial score (nSPS) is 25.9. The van der Waals surface area contributed by atoms with E-state index in [1.54, 1.807) is 0 Å². The van der Waals surface area contributed by atoms with Crippen LogP contribution in [0.5, 0.6) is 0 Å². The zero-order valence-corrected chi connectivity index (χ0v) is 27.8. The summed E-state index contributed by atoms with van der Waals surface area (Å²) in [6.07, 6.45) is 15.7. The Balaban J connectivity index is 0.000000166. The lowest BCUT2D eigenvalue weighted by atomic mass is 9.96. The molecule has 0 unspecified atom stereocenters. The van der Waals surface area contributed by atoms with Gasteiger partial charge in [-0.15, -0.1) is 0 Å². The van der Waals surface area contributed by atoms with Crippen LogP contribution >= 0.6 is 0 Å². The second-order valence-corrected chi connectivity index (χ2v) is 14.1. The van der Waals surface area contributed by atoms with Gasteiger partial charge in [-0.3, -0.25) is 0 Å². The second-order valence-electron chi connectivity index (χ2n) is 14.1. The number of nitrogens with zero attached hydrogens (tertiary/aromatic N) is 6. The van der Waals surface area contributed by atoms with Gasteiger partial charge in [-0.25, -0.2) is 0 Å². The van der Waals surface area contributed by atoms with Crippen molar-refractivity contribution in [3.05, 3.63) is 0 Å². The van der Waals surface area contributed by atoms with Gasteiger partial charge in [0.2, 0.25) is 0 Å². The van der Waals surface area contributed by atoms with Crippen molar-refractivity contribution in [2.75, 3.05) is 119 Å². The minimum absolute atomic E-state index is 0.955. The number of rotatable bonds is 8. The SMILES string of the molecule is CCN(CC)CC1CCN(C)CC1.CN1CCC(CN2CCCC2)CC1.CN1CCC(CN2CCCCC2)CC1. The monoisotopic (exact) mass is 563 g/mol. The maximum absolute atomic E-state index is 2.69. The Labute approximate surface area is 250 Å². The van der Waals surface area contributed by atoms with Gasteiger partial charge in [-0.05, 0) is 182 Å². The van der Waals surface area contributed by atoms with E-state index in [-0.39, 0.29) is 0 Å². The van der Waals surface area contributed by atoms with Crippen molar-refractivity contribution in [2.24, 2.45) is 17.8 Å². The van der Waals surface area contributed by atoms with Gasteiger partial charge in [-0.1, -0.05) is 20.3 Å². The first-order chi connectivity index (χ1) is 19.4. The van der Waals surface area contributed by atoms with Gasteiger partial charge in [0.25, 0.3) is 0 Å². The Morgan fingerprint density at radius 1 is 0.450 bits per heavy atom. The van der Waals surface area contributed by atoms with Crippen molar-refractivity contribution >= 4 is 0 Å². The van der Waals surface area contributed by atoms with Crippen LogP contribution in [-0.4, -0.2) is 149 Å². The first kappa shape index (κ1) is 34.3. The number of piperidine rings is 4. The predicted octanol–water partition coefficient (Wildman–Crippen LogP) is 4.91. The van der Waals surface area contributed by atoms with Gasteiger partial charge >= 0.3 is 0 Å². The van der Waals surface area contributed by atoms with Gasteiger partial charge < -0.3 is 29.4 Å². The van der Waals surface area contributed by atoms with Crippen LogP contribution in [0, 0.1) is 17.8 Å². The van der Waals surface area contributed by atoms with Gasteiger partial charge in [0.05, 0.1) is 0 Å². The summed E-state index contributed by atoms with van der Waals surface area (Å²) in [5.74, 6) is 2.94. The molecule has 0 aromatic rings. The molecule has 5 rings (SSSR count). The van der Waals surface area contributed by atoms with E-state index >= 15 is 0 Å². The van der Waals surface area contributed by atoms with Crippen LogP contribution in [0.4, 0.5) is 0 Å². The Morgan fingerprint density at radius 3 is 1.12 bits per heavy atom. The van der Waals surface area contributed by atoms with Gasteiger partial charge in [-0.2, -0.15) is 0 Å². The zero-order chi connectivity index (χ0) is 28.6. The molecule has 6 nitrogen and oxygen atoms in total. The number of hydrogen-bond donors (Lipinski definition) is 0. The fourth-order valence-corrected chi connectivity index (χ4v) is 7.42. The second kappa shape index (κ2) is 19.9. The van der Waals surface area contributed by atoms with E-state index in [2.05, 4.69) is 64.4 Å². The zero-order valence-electron chi connectivity index (χ0n) is 27.8. The Bertz CT molecular complexity index is 570. The van der Waals surface area contributed by atoms with Crippen molar-refractivity contribution in [3.8, 4) is 0 Å². The van der Waals surface area contributed by atoms with Crippen molar-refractivity contribution in [1.29, 1.82) is 0 Å². The van der Waals surface area contributed by atoms with Crippen molar-refractivity contribution < 1.29 is 0 Å². The van der Waals surface area contributed by atoms with Crippen molar-refractivity contribution in [2.45, 2.75) is 84.5 Å². The lowest BCUT2D eigenvalue weighted by Crippen LogP contribution is -2.39. The van der Waals surface area contributed by atoms with Crippen LogP contribution in [0.3, 0.4) is 0 Å². The molecule has 5 heterocycles. The lowest BCUT2D eigenvalue weighted by molar-refractivity contribution is 0.145. The van der Waals surface area contributed by atoms with Crippen LogP contribution in [0.1, 0.15) is 84.5 Å². The highest BCUT2D eigenvalue weighted by Gasteiger charge is 2.22. The summed E-state index contributed by atoms with van der Waals surface area (Å²) in [6, 6.07) is 0. The summed E-state index contributed by atoms with van der Waals surface area (Å²) in [5, 5.41) is 0.